The second kappa shape index (κ2) is 7.78. The van der Waals surface area contributed by atoms with E-state index in [1.807, 2.05) is 12.1 Å². The molecule has 1 saturated heterocycles. The van der Waals surface area contributed by atoms with Crippen molar-refractivity contribution in [3.05, 3.63) is 24.2 Å². The highest BCUT2D eigenvalue weighted by Crippen LogP contribution is 2.07. The molecule has 1 aliphatic heterocycles. The van der Waals surface area contributed by atoms with Gasteiger partial charge in [0.15, 0.2) is 0 Å². The summed E-state index contributed by atoms with van der Waals surface area (Å²) in [5.41, 5.74) is 0. The van der Waals surface area contributed by atoms with Gasteiger partial charge in [-0.05, 0) is 26.0 Å². The summed E-state index contributed by atoms with van der Waals surface area (Å²) < 4.78 is 10.6. The van der Waals surface area contributed by atoms with Gasteiger partial charge in [-0.3, -0.25) is 9.80 Å². The lowest BCUT2D eigenvalue weighted by Crippen LogP contribution is -2.50. The fraction of sp³-hybridized carbons (Fsp3) is 0.733. The van der Waals surface area contributed by atoms with Crippen molar-refractivity contribution >= 4 is 0 Å². The predicted molar refractivity (Wildman–Crippen MR) is 77.5 cm³/mol. The summed E-state index contributed by atoms with van der Waals surface area (Å²) in [5, 5.41) is 9.99. The van der Waals surface area contributed by atoms with Crippen LogP contribution in [0.3, 0.4) is 0 Å². The molecule has 1 aliphatic rings. The van der Waals surface area contributed by atoms with Crippen molar-refractivity contribution in [3.63, 3.8) is 0 Å². The number of ether oxygens (including phenoxy) is 1. The predicted octanol–water partition coefficient (Wildman–Crippen LogP) is 1.18. The van der Waals surface area contributed by atoms with Crippen LogP contribution < -0.4 is 0 Å². The second-order valence-electron chi connectivity index (χ2n) is 5.68. The summed E-state index contributed by atoms with van der Waals surface area (Å²) in [7, 11) is 0. The number of aliphatic hydroxyl groups is 1. The van der Waals surface area contributed by atoms with Gasteiger partial charge in [0.25, 0.3) is 0 Å². The zero-order chi connectivity index (χ0) is 14.4. The van der Waals surface area contributed by atoms with Crippen LogP contribution in [0, 0.1) is 0 Å². The maximum absolute atomic E-state index is 9.99. The summed E-state index contributed by atoms with van der Waals surface area (Å²) in [6.07, 6.45) is 1.19. The Hall–Kier alpha value is -0.880. The fourth-order valence-corrected chi connectivity index (χ4v) is 2.50. The van der Waals surface area contributed by atoms with E-state index in [1.54, 1.807) is 6.26 Å². The van der Waals surface area contributed by atoms with Gasteiger partial charge in [-0.15, -0.1) is 0 Å². The molecule has 0 radical (unpaired) electrons. The molecule has 5 nitrogen and oxygen atoms in total. The van der Waals surface area contributed by atoms with Crippen molar-refractivity contribution in [2.24, 2.45) is 0 Å². The Labute approximate surface area is 121 Å². The largest absolute Gasteiger partial charge is 0.467 e. The van der Waals surface area contributed by atoms with Gasteiger partial charge < -0.3 is 14.3 Å². The number of β-amino-alcohol motifs (C(OH)–C–C–N with tert-alkyl or cyclic N) is 1. The van der Waals surface area contributed by atoms with E-state index in [0.29, 0.717) is 25.8 Å². The third-order valence-electron chi connectivity index (χ3n) is 3.74. The Kier molecular flexibility index (Phi) is 6.04. The molecular weight excluding hydrogens is 256 g/mol. The maximum Gasteiger partial charge on any atom is 0.129 e. The van der Waals surface area contributed by atoms with Gasteiger partial charge in [0.2, 0.25) is 0 Å². The van der Waals surface area contributed by atoms with E-state index in [0.717, 1.165) is 31.9 Å². The van der Waals surface area contributed by atoms with E-state index < -0.39 is 6.10 Å². The van der Waals surface area contributed by atoms with Gasteiger partial charge in [0.05, 0.1) is 19.0 Å². The Morgan fingerprint density at radius 2 is 2.05 bits per heavy atom. The summed E-state index contributed by atoms with van der Waals surface area (Å²) in [4.78, 5) is 4.77. The average Bonchev–Trinajstić information content (AvgIpc) is 2.92. The summed E-state index contributed by atoms with van der Waals surface area (Å²) in [6.45, 7) is 10.1. The molecule has 1 fully saturated rings. The lowest BCUT2D eigenvalue weighted by molar-refractivity contribution is -0.00448. The Bertz CT molecular complexity index is 359. The number of nitrogens with zero attached hydrogens (tertiary/aromatic N) is 2. The molecule has 5 heteroatoms. The summed E-state index contributed by atoms with van der Waals surface area (Å²) >= 11 is 0. The van der Waals surface area contributed by atoms with Crippen molar-refractivity contribution in [1.29, 1.82) is 0 Å². The summed E-state index contributed by atoms with van der Waals surface area (Å²) in [6, 6.07) is 4.32. The van der Waals surface area contributed by atoms with Crippen LogP contribution >= 0.6 is 0 Å². The normalized spacial score (nSPS) is 19.6. The van der Waals surface area contributed by atoms with E-state index >= 15 is 0 Å². The van der Waals surface area contributed by atoms with Crippen molar-refractivity contribution in [3.8, 4) is 0 Å². The molecule has 0 aromatic carbocycles. The minimum atomic E-state index is -0.435. The average molecular weight is 282 g/mol. The molecule has 0 bridgehead atoms. The zero-order valence-electron chi connectivity index (χ0n) is 12.5. The van der Waals surface area contributed by atoms with Crippen LogP contribution in [0.25, 0.3) is 0 Å². The molecule has 2 rings (SSSR count). The monoisotopic (exact) mass is 282 g/mol. The highest BCUT2D eigenvalue weighted by Gasteiger charge is 2.20. The van der Waals surface area contributed by atoms with E-state index in [-0.39, 0.29) is 0 Å². The first-order chi connectivity index (χ1) is 9.65. The van der Waals surface area contributed by atoms with Gasteiger partial charge in [-0.2, -0.15) is 0 Å². The number of aliphatic hydroxyl groups excluding tert-OH is 1. The quantitative estimate of drug-likeness (QED) is 0.814. The lowest BCUT2D eigenvalue weighted by Gasteiger charge is -2.37. The molecule has 0 amide bonds. The van der Waals surface area contributed by atoms with Crippen LogP contribution in [0.2, 0.25) is 0 Å². The standard InChI is InChI=1S/C15H26N2O3/c1-13(2)17-7-5-16(6-8-17)10-14(18)11-19-12-15-4-3-9-20-15/h3-4,9,13-14,18H,5-8,10-12H2,1-2H3. The first kappa shape index (κ1) is 15.5. The Balaban J connectivity index is 1.59. The van der Waals surface area contributed by atoms with E-state index in [4.69, 9.17) is 9.15 Å². The molecular formula is C15H26N2O3. The van der Waals surface area contributed by atoms with Gasteiger partial charge in [-0.1, -0.05) is 0 Å². The van der Waals surface area contributed by atoms with Crippen molar-refractivity contribution < 1.29 is 14.3 Å². The van der Waals surface area contributed by atoms with Gasteiger partial charge >= 0.3 is 0 Å². The first-order valence-electron chi connectivity index (χ1n) is 7.39. The molecule has 0 spiro atoms. The van der Waals surface area contributed by atoms with Gasteiger partial charge in [0, 0.05) is 38.8 Å². The maximum atomic E-state index is 9.99. The van der Waals surface area contributed by atoms with Crippen molar-refractivity contribution in [2.75, 3.05) is 39.3 Å². The van der Waals surface area contributed by atoms with Crippen molar-refractivity contribution in [1.82, 2.24) is 9.80 Å². The lowest BCUT2D eigenvalue weighted by atomic mass is 10.2. The Morgan fingerprint density at radius 1 is 1.30 bits per heavy atom. The highest BCUT2D eigenvalue weighted by atomic mass is 16.5. The fourth-order valence-electron chi connectivity index (χ4n) is 2.50. The molecule has 1 aromatic heterocycles. The molecule has 1 unspecified atom stereocenters. The third kappa shape index (κ3) is 4.90. The van der Waals surface area contributed by atoms with E-state index in [2.05, 4.69) is 23.6 Å². The minimum Gasteiger partial charge on any atom is -0.467 e. The van der Waals surface area contributed by atoms with Gasteiger partial charge in [-0.25, -0.2) is 0 Å². The topological polar surface area (TPSA) is 49.1 Å². The van der Waals surface area contributed by atoms with Crippen LogP contribution in [0.15, 0.2) is 22.8 Å². The van der Waals surface area contributed by atoms with Crippen LogP contribution in [0.4, 0.5) is 0 Å². The molecule has 20 heavy (non-hydrogen) atoms. The molecule has 0 saturated carbocycles. The highest BCUT2D eigenvalue weighted by molar-refractivity contribution is 4.96. The third-order valence-corrected chi connectivity index (χ3v) is 3.74. The van der Waals surface area contributed by atoms with E-state index in [9.17, 15) is 5.11 Å². The number of hydrogen-bond donors (Lipinski definition) is 1. The SMILES string of the molecule is CC(C)N1CCN(CC(O)COCc2ccco2)CC1. The number of piperazine rings is 1. The molecule has 2 heterocycles. The van der Waals surface area contributed by atoms with Crippen LogP contribution in [0.1, 0.15) is 19.6 Å². The van der Waals surface area contributed by atoms with E-state index in [1.165, 1.54) is 0 Å². The minimum absolute atomic E-state index is 0.352. The van der Waals surface area contributed by atoms with Crippen LogP contribution in [-0.2, 0) is 11.3 Å². The number of furan rings is 1. The molecule has 0 aliphatic carbocycles. The zero-order valence-corrected chi connectivity index (χ0v) is 12.5. The first-order valence-corrected chi connectivity index (χ1v) is 7.39. The molecule has 1 aromatic rings. The van der Waals surface area contributed by atoms with Gasteiger partial charge in [0.1, 0.15) is 12.4 Å². The summed E-state index contributed by atoms with van der Waals surface area (Å²) in [5.74, 6) is 0.794. The number of hydrogen-bond acceptors (Lipinski definition) is 5. The van der Waals surface area contributed by atoms with Crippen molar-refractivity contribution in [2.45, 2.75) is 32.6 Å². The smallest absolute Gasteiger partial charge is 0.129 e. The second-order valence-corrected chi connectivity index (χ2v) is 5.68. The number of rotatable bonds is 7. The molecule has 1 N–H and O–H groups in total. The van der Waals surface area contributed by atoms with Crippen LogP contribution in [-0.4, -0.2) is 66.4 Å². The van der Waals surface area contributed by atoms with Crippen LogP contribution in [0.5, 0.6) is 0 Å². The Morgan fingerprint density at radius 3 is 2.65 bits per heavy atom. The molecule has 114 valence electrons. The molecule has 1 atom stereocenters.